The molecule has 21 heavy (non-hydrogen) atoms. The Morgan fingerprint density at radius 3 is 2.48 bits per heavy atom. The minimum atomic E-state index is 0.989. The van der Waals surface area contributed by atoms with E-state index >= 15 is 0 Å². The number of benzene rings is 2. The summed E-state index contributed by atoms with van der Waals surface area (Å²) in [5, 5.41) is 6.90. The first-order valence-corrected chi connectivity index (χ1v) is 7.51. The van der Waals surface area contributed by atoms with E-state index in [2.05, 4.69) is 55.4 Å². The normalized spacial score (nSPS) is 17.6. The zero-order chi connectivity index (χ0) is 14.8. The smallest absolute Gasteiger partial charge is 0.106 e. The van der Waals surface area contributed by atoms with E-state index in [9.17, 15) is 0 Å². The summed E-state index contributed by atoms with van der Waals surface area (Å²) >= 11 is 0. The highest BCUT2D eigenvalue weighted by molar-refractivity contribution is 6.27. The maximum atomic E-state index is 5.07. The first-order valence-electron chi connectivity index (χ1n) is 7.51. The van der Waals surface area contributed by atoms with E-state index in [1.54, 1.807) is 7.11 Å². The first kappa shape index (κ1) is 13.9. The second kappa shape index (κ2) is 5.72. The Morgan fingerprint density at radius 1 is 0.952 bits per heavy atom. The molecule has 2 aromatic rings. The van der Waals surface area contributed by atoms with Crippen LogP contribution in [0, 0.1) is 6.92 Å². The number of oxime groups is 1. The monoisotopic (exact) mass is 279 g/mol. The van der Waals surface area contributed by atoms with Crippen LogP contribution in [0.25, 0.3) is 16.3 Å². The second-order valence-corrected chi connectivity index (χ2v) is 5.71. The summed E-state index contributed by atoms with van der Waals surface area (Å²) < 4.78 is 0. The molecule has 0 saturated heterocycles. The molecular formula is C19H21NO. The van der Waals surface area contributed by atoms with Gasteiger partial charge in [0.25, 0.3) is 0 Å². The highest BCUT2D eigenvalue weighted by Crippen LogP contribution is 2.35. The lowest BCUT2D eigenvalue weighted by Gasteiger charge is -2.21. The molecule has 0 radical (unpaired) electrons. The largest absolute Gasteiger partial charge is 0.399 e. The third-order valence-corrected chi connectivity index (χ3v) is 4.29. The molecule has 108 valence electrons. The first-order chi connectivity index (χ1) is 10.2. The van der Waals surface area contributed by atoms with Crippen molar-refractivity contribution in [1.29, 1.82) is 0 Å². The standard InChI is InChI=1S/C19H21NO/c1-13-11-12-17(16-9-5-4-8-15(13)16)19-14(2)7-6-10-18(19)20-21-3/h4-5,8-9,11-12H,6-7,10H2,1-3H3/b20-18+. The summed E-state index contributed by atoms with van der Waals surface area (Å²) in [6.45, 7) is 4.38. The third kappa shape index (κ3) is 2.46. The number of hydrogen-bond donors (Lipinski definition) is 0. The lowest BCUT2D eigenvalue weighted by atomic mass is 9.84. The average Bonchev–Trinajstić information content (AvgIpc) is 2.50. The van der Waals surface area contributed by atoms with Crippen LogP contribution < -0.4 is 0 Å². The second-order valence-electron chi connectivity index (χ2n) is 5.71. The Balaban J connectivity index is 2.28. The Morgan fingerprint density at radius 2 is 1.71 bits per heavy atom. The van der Waals surface area contributed by atoms with Crippen molar-refractivity contribution in [3.05, 3.63) is 53.1 Å². The molecule has 0 fully saturated rings. The van der Waals surface area contributed by atoms with E-state index in [1.807, 2.05) is 0 Å². The van der Waals surface area contributed by atoms with Crippen molar-refractivity contribution < 1.29 is 4.84 Å². The summed E-state index contributed by atoms with van der Waals surface area (Å²) in [7, 11) is 1.63. The topological polar surface area (TPSA) is 21.6 Å². The van der Waals surface area contributed by atoms with Crippen LogP contribution in [0.4, 0.5) is 0 Å². The molecular weight excluding hydrogens is 258 g/mol. The Kier molecular flexibility index (Phi) is 3.78. The van der Waals surface area contributed by atoms with Gasteiger partial charge in [-0.15, -0.1) is 0 Å². The number of allylic oxidation sites excluding steroid dienone is 2. The molecule has 1 aliphatic rings. The fraction of sp³-hybridized carbons (Fsp3) is 0.316. The summed E-state index contributed by atoms with van der Waals surface area (Å²) in [5.74, 6) is 0. The van der Waals surface area contributed by atoms with Crippen LogP contribution in [-0.4, -0.2) is 12.8 Å². The van der Waals surface area contributed by atoms with Gasteiger partial charge in [-0.2, -0.15) is 0 Å². The zero-order valence-electron chi connectivity index (χ0n) is 12.9. The minimum Gasteiger partial charge on any atom is -0.399 e. The van der Waals surface area contributed by atoms with Crippen LogP contribution in [0.5, 0.6) is 0 Å². The van der Waals surface area contributed by atoms with Crippen LogP contribution in [0.1, 0.15) is 37.3 Å². The Hall–Kier alpha value is -2.09. The van der Waals surface area contributed by atoms with Crippen molar-refractivity contribution >= 4 is 22.1 Å². The third-order valence-electron chi connectivity index (χ3n) is 4.29. The van der Waals surface area contributed by atoms with Gasteiger partial charge in [-0.05, 0) is 55.0 Å². The van der Waals surface area contributed by atoms with E-state index in [0.717, 1.165) is 25.0 Å². The van der Waals surface area contributed by atoms with Crippen LogP contribution in [0.2, 0.25) is 0 Å². The van der Waals surface area contributed by atoms with Crippen LogP contribution in [-0.2, 0) is 4.84 Å². The Labute approximate surface area is 126 Å². The molecule has 0 atom stereocenters. The maximum Gasteiger partial charge on any atom is 0.106 e. The summed E-state index contributed by atoms with van der Waals surface area (Å²) in [5.41, 5.74) is 6.36. The molecule has 0 aromatic heterocycles. The molecule has 0 amide bonds. The quantitative estimate of drug-likeness (QED) is 0.700. The summed E-state index contributed by atoms with van der Waals surface area (Å²) in [6.07, 6.45) is 3.28. The van der Waals surface area contributed by atoms with Crippen molar-refractivity contribution in [2.45, 2.75) is 33.1 Å². The number of aryl methyl sites for hydroxylation is 1. The molecule has 2 nitrogen and oxygen atoms in total. The van der Waals surface area contributed by atoms with Gasteiger partial charge in [0, 0.05) is 5.57 Å². The fourth-order valence-electron chi connectivity index (χ4n) is 3.27. The van der Waals surface area contributed by atoms with Crippen molar-refractivity contribution in [1.82, 2.24) is 0 Å². The van der Waals surface area contributed by atoms with Gasteiger partial charge >= 0.3 is 0 Å². The van der Waals surface area contributed by atoms with Crippen molar-refractivity contribution in [2.75, 3.05) is 7.11 Å². The minimum absolute atomic E-state index is 0.989. The van der Waals surface area contributed by atoms with E-state index in [1.165, 1.54) is 33.0 Å². The van der Waals surface area contributed by atoms with Crippen molar-refractivity contribution in [3.63, 3.8) is 0 Å². The molecule has 0 saturated carbocycles. The summed E-state index contributed by atoms with van der Waals surface area (Å²) in [6, 6.07) is 13.0. The van der Waals surface area contributed by atoms with Gasteiger partial charge in [-0.3, -0.25) is 0 Å². The molecule has 3 rings (SSSR count). The highest BCUT2D eigenvalue weighted by atomic mass is 16.6. The van der Waals surface area contributed by atoms with Gasteiger partial charge in [0.2, 0.25) is 0 Å². The van der Waals surface area contributed by atoms with Crippen LogP contribution >= 0.6 is 0 Å². The predicted molar refractivity (Wildman–Crippen MR) is 89.6 cm³/mol. The SMILES string of the molecule is CO/N=C1\CCCC(C)=C1c1ccc(C)c2ccccc12. The Bertz CT molecular complexity index is 740. The number of rotatable bonds is 2. The van der Waals surface area contributed by atoms with E-state index < -0.39 is 0 Å². The van der Waals surface area contributed by atoms with E-state index in [4.69, 9.17) is 4.84 Å². The molecule has 2 aromatic carbocycles. The van der Waals surface area contributed by atoms with Crippen molar-refractivity contribution in [3.8, 4) is 0 Å². The van der Waals surface area contributed by atoms with Gasteiger partial charge in [0.15, 0.2) is 0 Å². The predicted octanol–water partition coefficient (Wildman–Crippen LogP) is 5.11. The van der Waals surface area contributed by atoms with E-state index in [-0.39, 0.29) is 0 Å². The molecule has 0 bridgehead atoms. The van der Waals surface area contributed by atoms with E-state index in [0.29, 0.717) is 0 Å². The maximum absolute atomic E-state index is 5.07. The highest BCUT2D eigenvalue weighted by Gasteiger charge is 2.20. The van der Waals surface area contributed by atoms with Gasteiger partial charge in [0.1, 0.15) is 7.11 Å². The summed E-state index contributed by atoms with van der Waals surface area (Å²) in [4.78, 5) is 5.07. The molecule has 0 N–H and O–H groups in total. The molecule has 0 heterocycles. The zero-order valence-corrected chi connectivity index (χ0v) is 12.9. The molecule has 2 heteroatoms. The number of fused-ring (bicyclic) bond motifs is 1. The van der Waals surface area contributed by atoms with Gasteiger partial charge in [0.05, 0.1) is 5.71 Å². The lowest BCUT2D eigenvalue weighted by Crippen LogP contribution is -2.11. The van der Waals surface area contributed by atoms with Gasteiger partial charge in [-0.1, -0.05) is 47.1 Å². The number of hydrogen-bond acceptors (Lipinski definition) is 2. The molecule has 1 aliphatic carbocycles. The average molecular weight is 279 g/mol. The van der Waals surface area contributed by atoms with Crippen molar-refractivity contribution in [2.24, 2.45) is 5.16 Å². The molecule has 0 unspecified atom stereocenters. The lowest BCUT2D eigenvalue weighted by molar-refractivity contribution is 0.213. The molecule has 0 spiro atoms. The van der Waals surface area contributed by atoms with Gasteiger partial charge in [-0.25, -0.2) is 0 Å². The van der Waals surface area contributed by atoms with Crippen LogP contribution in [0.3, 0.4) is 0 Å². The number of nitrogens with zero attached hydrogens (tertiary/aromatic N) is 1. The molecule has 0 aliphatic heterocycles. The van der Waals surface area contributed by atoms with Crippen LogP contribution in [0.15, 0.2) is 47.1 Å². The fourth-order valence-corrected chi connectivity index (χ4v) is 3.27. The van der Waals surface area contributed by atoms with Gasteiger partial charge < -0.3 is 4.84 Å².